The fraction of sp³-hybridized carbons (Fsp3) is 0.500. The lowest BCUT2D eigenvalue weighted by Crippen LogP contribution is -2.24. The van der Waals surface area contributed by atoms with Crippen molar-refractivity contribution in [3.05, 3.63) is 23.9 Å². The zero-order chi connectivity index (χ0) is 9.68. The van der Waals surface area contributed by atoms with Crippen molar-refractivity contribution in [2.75, 3.05) is 18.0 Å². The summed E-state index contributed by atoms with van der Waals surface area (Å²) in [5.41, 5.74) is 1.10. The highest BCUT2D eigenvalue weighted by Crippen LogP contribution is 2.18. The Morgan fingerprint density at radius 3 is 2.62 bits per heavy atom. The average Bonchev–Trinajstić information content (AvgIpc) is 2.20. The number of pyridine rings is 1. The molecule has 0 aromatic carbocycles. The van der Waals surface area contributed by atoms with Gasteiger partial charge in [0.25, 0.3) is 0 Å². The van der Waals surface area contributed by atoms with E-state index < -0.39 is 0 Å². The van der Waals surface area contributed by atoms with Crippen molar-refractivity contribution >= 4 is 17.4 Å². The SMILES string of the molecule is CCN(CC)c1ncccc1CCl. The number of aromatic nitrogens is 1. The Morgan fingerprint density at radius 1 is 1.38 bits per heavy atom. The molecule has 0 aliphatic heterocycles. The predicted octanol–water partition coefficient (Wildman–Crippen LogP) is 2.67. The number of rotatable bonds is 4. The van der Waals surface area contributed by atoms with Gasteiger partial charge in [0.1, 0.15) is 5.82 Å². The first-order chi connectivity index (χ1) is 6.33. The fourth-order valence-corrected chi connectivity index (χ4v) is 1.55. The molecule has 72 valence electrons. The van der Waals surface area contributed by atoms with Gasteiger partial charge >= 0.3 is 0 Å². The second-order valence-electron chi connectivity index (χ2n) is 2.79. The summed E-state index contributed by atoms with van der Waals surface area (Å²) >= 11 is 5.82. The molecule has 0 atom stereocenters. The third-order valence-corrected chi connectivity index (χ3v) is 2.36. The van der Waals surface area contributed by atoms with Crippen molar-refractivity contribution in [2.24, 2.45) is 0 Å². The van der Waals surface area contributed by atoms with Crippen molar-refractivity contribution < 1.29 is 0 Å². The summed E-state index contributed by atoms with van der Waals surface area (Å²) in [6.07, 6.45) is 1.81. The molecule has 0 aliphatic rings. The van der Waals surface area contributed by atoms with Gasteiger partial charge in [0.2, 0.25) is 0 Å². The van der Waals surface area contributed by atoms with E-state index in [1.54, 1.807) is 0 Å². The van der Waals surface area contributed by atoms with Gasteiger partial charge in [-0.15, -0.1) is 11.6 Å². The molecule has 0 radical (unpaired) electrons. The third kappa shape index (κ3) is 2.34. The van der Waals surface area contributed by atoms with Gasteiger partial charge in [-0.25, -0.2) is 4.98 Å². The fourth-order valence-electron chi connectivity index (χ4n) is 1.34. The van der Waals surface area contributed by atoms with Crippen LogP contribution in [-0.2, 0) is 5.88 Å². The molecule has 0 aliphatic carbocycles. The summed E-state index contributed by atoms with van der Waals surface area (Å²) in [5, 5.41) is 0. The number of halogens is 1. The van der Waals surface area contributed by atoms with Crippen LogP contribution in [0, 0.1) is 0 Å². The first-order valence-corrected chi connectivity index (χ1v) is 5.11. The van der Waals surface area contributed by atoms with Gasteiger partial charge in [-0.2, -0.15) is 0 Å². The second-order valence-corrected chi connectivity index (χ2v) is 3.06. The number of hydrogen-bond acceptors (Lipinski definition) is 2. The Morgan fingerprint density at radius 2 is 2.08 bits per heavy atom. The van der Waals surface area contributed by atoms with Crippen molar-refractivity contribution in [3.63, 3.8) is 0 Å². The van der Waals surface area contributed by atoms with Gasteiger partial charge in [-0.3, -0.25) is 0 Å². The quantitative estimate of drug-likeness (QED) is 0.692. The van der Waals surface area contributed by atoms with Crippen LogP contribution in [0.4, 0.5) is 5.82 Å². The minimum absolute atomic E-state index is 0.527. The Kier molecular flexibility index (Phi) is 4.03. The molecule has 3 heteroatoms. The van der Waals surface area contributed by atoms with E-state index in [9.17, 15) is 0 Å². The monoisotopic (exact) mass is 198 g/mol. The van der Waals surface area contributed by atoms with Crippen LogP contribution in [0.3, 0.4) is 0 Å². The molecule has 1 rings (SSSR count). The molecule has 2 nitrogen and oxygen atoms in total. The zero-order valence-electron chi connectivity index (χ0n) is 8.13. The van der Waals surface area contributed by atoms with Gasteiger partial charge in [0.15, 0.2) is 0 Å². The summed E-state index contributed by atoms with van der Waals surface area (Å²) in [6.45, 7) is 6.18. The normalized spacial score (nSPS) is 10.1. The molecular formula is C10H15ClN2. The minimum Gasteiger partial charge on any atom is -0.357 e. The van der Waals surface area contributed by atoms with Crippen molar-refractivity contribution in [1.82, 2.24) is 4.98 Å². The molecule has 1 aromatic heterocycles. The standard InChI is InChI=1S/C10H15ClN2/c1-3-13(4-2)10-9(8-11)6-5-7-12-10/h5-7H,3-4,8H2,1-2H3. The molecule has 0 saturated carbocycles. The molecular weight excluding hydrogens is 184 g/mol. The Labute approximate surface area is 84.5 Å². The van der Waals surface area contributed by atoms with Crippen LogP contribution in [0.5, 0.6) is 0 Å². The molecule has 1 heterocycles. The maximum Gasteiger partial charge on any atom is 0.132 e. The van der Waals surface area contributed by atoms with Crippen LogP contribution in [-0.4, -0.2) is 18.1 Å². The molecule has 0 fully saturated rings. The Hall–Kier alpha value is -0.760. The van der Waals surface area contributed by atoms with Crippen LogP contribution in [0.15, 0.2) is 18.3 Å². The van der Waals surface area contributed by atoms with Crippen LogP contribution < -0.4 is 4.90 Å². The highest BCUT2D eigenvalue weighted by molar-refractivity contribution is 6.17. The van der Waals surface area contributed by atoms with E-state index >= 15 is 0 Å². The molecule has 0 N–H and O–H groups in total. The zero-order valence-corrected chi connectivity index (χ0v) is 8.88. The lowest BCUT2D eigenvalue weighted by Gasteiger charge is -2.21. The highest BCUT2D eigenvalue weighted by Gasteiger charge is 2.07. The van der Waals surface area contributed by atoms with Gasteiger partial charge < -0.3 is 4.90 Å². The summed E-state index contributed by atoms with van der Waals surface area (Å²) in [5.74, 6) is 1.54. The van der Waals surface area contributed by atoms with E-state index in [0.717, 1.165) is 24.5 Å². The first kappa shape index (κ1) is 10.3. The first-order valence-electron chi connectivity index (χ1n) is 4.58. The largest absolute Gasteiger partial charge is 0.357 e. The smallest absolute Gasteiger partial charge is 0.132 e. The minimum atomic E-state index is 0.527. The summed E-state index contributed by atoms with van der Waals surface area (Å²) < 4.78 is 0. The van der Waals surface area contributed by atoms with Gasteiger partial charge in [0.05, 0.1) is 5.88 Å². The van der Waals surface area contributed by atoms with E-state index in [4.69, 9.17) is 11.6 Å². The van der Waals surface area contributed by atoms with Gasteiger partial charge in [-0.1, -0.05) is 6.07 Å². The summed E-state index contributed by atoms with van der Waals surface area (Å²) in [6, 6.07) is 3.94. The molecule has 0 amide bonds. The maximum atomic E-state index is 5.82. The highest BCUT2D eigenvalue weighted by atomic mass is 35.5. The number of anilines is 1. The van der Waals surface area contributed by atoms with Crippen LogP contribution >= 0.6 is 11.6 Å². The molecule has 0 spiro atoms. The number of nitrogens with zero attached hydrogens (tertiary/aromatic N) is 2. The topological polar surface area (TPSA) is 16.1 Å². The second kappa shape index (κ2) is 5.07. The maximum absolute atomic E-state index is 5.82. The molecule has 13 heavy (non-hydrogen) atoms. The summed E-state index contributed by atoms with van der Waals surface area (Å²) in [4.78, 5) is 6.54. The number of hydrogen-bond donors (Lipinski definition) is 0. The Balaban J connectivity index is 2.96. The van der Waals surface area contributed by atoms with Gasteiger partial charge in [-0.05, 0) is 19.9 Å². The molecule has 1 aromatic rings. The average molecular weight is 199 g/mol. The van der Waals surface area contributed by atoms with Crippen molar-refractivity contribution in [3.8, 4) is 0 Å². The lowest BCUT2D eigenvalue weighted by atomic mass is 10.2. The van der Waals surface area contributed by atoms with E-state index in [1.165, 1.54) is 0 Å². The van der Waals surface area contributed by atoms with Crippen molar-refractivity contribution in [2.45, 2.75) is 19.7 Å². The molecule has 0 unspecified atom stereocenters. The molecule has 0 saturated heterocycles. The summed E-state index contributed by atoms with van der Waals surface area (Å²) in [7, 11) is 0. The Bertz CT molecular complexity index is 259. The lowest BCUT2D eigenvalue weighted by molar-refractivity contribution is 0.839. The van der Waals surface area contributed by atoms with Crippen molar-refractivity contribution in [1.29, 1.82) is 0 Å². The van der Waals surface area contributed by atoms with Crippen LogP contribution in [0.25, 0.3) is 0 Å². The predicted molar refractivity (Wildman–Crippen MR) is 57.4 cm³/mol. The van der Waals surface area contributed by atoms with Crippen LogP contribution in [0.2, 0.25) is 0 Å². The van der Waals surface area contributed by atoms with E-state index in [1.807, 2.05) is 18.3 Å². The van der Waals surface area contributed by atoms with Gasteiger partial charge in [0, 0.05) is 24.8 Å². The molecule has 0 bridgehead atoms. The third-order valence-electron chi connectivity index (χ3n) is 2.07. The van der Waals surface area contributed by atoms with E-state index in [2.05, 4.69) is 23.7 Å². The number of alkyl halides is 1. The van der Waals surface area contributed by atoms with E-state index in [0.29, 0.717) is 5.88 Å². The van der Waals surface area contributed by atoms with Crippen LogP contribution in [0.1, 0.15) is 19.4 Å². The van der Waals surface area contributed by atoms with E-state index in [-0.39, 0.29) is 0 Å².